The highest BCUT2D eigenvalue weighted by molar-refractivity contribution is 4.90. The predicted molar refractivity (Wildman–Crippen MR) is 30.6 cm³/mol. The number of hydrogen-bond acceptors (Lipinski definition) is 0. The molecule has 0 aliphatic rings. The van der Waals surface area contributed by atoms with Gasteiger partial charge in [-0.1, -0.05) is 6.08 Å². The average molecular weight is 156 g/mol. The Bertz CT molecular complexity index is 115. The van der Waals surface area contributed by atoms with Gasteiger partial charge in [0, 0.05) is 6.92 Å². The lowest BCUT2D eigenvalue weighted by atomic mass is 10.1. The molecule has 60 valence electrons. The van der Waals surface area contributed by atoms with Crippen LogP contribution in [0.2, 0.25) is 0 Å². The molecular weight excluding hydrogens is 148 g/mol. The second-order valence-electron chi connectivity index (χ2n) is 2.04. The predicted octanol–water partition coefficient (Wildman–Crippen LogP) is 2.50. The highest BCUT2D eigenvalue weighted by Crippen LogP contribution is 2.24. The minimum atomic E-state index is -3.63. The zero-order chi connectivity index (χ0) is 8.36. The van der Waals surface area contributed by atoms with E-state index in [2.05, 4.69) is 6.58 Å². The van der Waals surface area contributed by atoms with E-state index in [9.17, 15) is 17.6 Å². The van der Waals surface area contributed by atoms with Gasteiger partial charge < -0.3 is 0 Å². The molecule has 0 nitrogen and oxygen atoms in total. The first-order valence-electron chi connectivity index (χ1n) is 2.68. The van der Waals surface area contributed by atoms with E-state index >= 15 is 0 Å². The fourth-order valence-corrected chi connectivity index (χ4v) is 0.399. The van der Waals surface area contributed by atoms with Gasteiger partial charge in [0.2, 0.25) is 0 Å². The Balaban J connectivity index is 4.07. The van der Waals surface area contributed by atoms with Crippen LogP contribution in [0.1, 0.15) is 6.92 Å². The molecule has 0 saturated carbocycles. The van der Waals surface area contributed by atoms with Gasteiger partial charge >= 0.3 is 0 Å². The molecule has 0 radical (unpaired) electrons. The van der Waals surface area contributed by atoms with Crippen molar-refractivity contribution in [2.75, 3.05) is 0 Å². The molecule has 0 N–H and O–H groups in total. The summed E-state index contributed by atoms with van der Waals surface area (Å²) in [6.07, 6.45) is -4.56. The molecule has 0 aromatic carbocycles. The second-order valence-corrected chi connectivity index (χ2v) is 2.04. The SMILES string of the molecule is C=CC(F)C(F)C(C)(F)F. The molecule has 2 unspecified atom stereocenters. The van der Waals surface area contributed by atoms with Gasteiger partial charge in [0.15, 0.2) is 12.3 Å². The molecule has 0 spiro atoms. The topological polar surface area (TPSA) is 0 Å². The third kappa shape index (κ3) is 2.37. The number of allylic oxidation sites excluding steroid dienone is 1. The molecule has 2 atom stereocenters. The van der Waals surface area contributed by atoms with Crippen molar-refractivity contribution in [2.24, 2.45) is 0 Å². The first kappa shape index (κ1) is 9.46. The number of hydrogen-bond donors (Lipinski definition) is 0. The minimum Gasteiger partial charge on any atom is -0.239 e. The van der Waals surface area contributed by atoms with Crippen LogP contribution >= 0.6 is 0 Å². The van der Waals surface area contributed by atoms with Crippen LogP contribution in [0, 0.1) is 0 Å². The molecule has 0 bridgehead atoms. The maximum Gasteiger partial charge on any atom is 0.279 e. The molecule has 0 amide bonds. The maximum atomic E-state index is 12.1. The van der Waals surface area contributed by atoms with Crippen molar-refractivity contribution in [1.82, 2.24) is 0 Å². The summed E-state index contributed by atoms with van der Waals surface area (Å²) in [6, 6.07) is 0. The summed E-state index contributed by atoms with van der Waals surface area (Å²) in [4.78, 5) is 0. The lowest BCUT2D eigenvalue weighted by Gasteiger charge is -2.16. The van der Waals surface area contributed by atoms with Crippen LogP contribution in [0.25, 0.3) is 0 Å². The number of alkyl halides is 4. The number of halogens is 4. The van der Waals surface area contributed by atoms with E-state index < -0.39 is 18.3 Å². The van der Waals surface area contributed by atoms with E-state index in [0.29, 0.717) is 13.0 Å². The fourth-order valence-electron chi connectivity index (χ4n) is 0.399. The van der Waals surface area contributed by atoms with Gasteiger partial charge in [0.1, 0.15) is 0 Å². The van der Waals surface area contributed by atoms with Crippen molar-refractivity contribution in [3.05, 3.63) is 12.7 Å². The zero-order valence-corrected chi connectivity index (χ0v) is 5.45. The van der Waals surface area contributed by atoms with Crippen LogP contribution in [0.3, 0.4) is 0 Å². The Labute approximate surface area is 56.5 Å². The summed E-state index contributed by atoms with van der Waals surface area (Å²) in [7, 11) is 0. The summed E-state index contributed by atoms with van der Waals surface area (Å²) >= 11 is 0. The van der Waals surface area contributed by atoms with Gasteiger partial charge in [0.25, 0.3) is 5.92 Å². The quantitative estimate of drug-likeness (QED) is 0.435. The third-order valence-corrected chi connectivity index (χ3v) is 0.989. The third-order valence-electron chi connectivity index (χ3n) is 0.989. The molecule has 0 saturated heterocycles. The molecule has 0 aromatic rings. The largest absolute Gasteiger partial charge is 0.279 e. The molecule has 4 heteroatoms. The van der Waals surface area contributed by atoms with Crippen LogP contribution in [-0.2, 0) is 0 Å². The molecule has 10 heavy (non-hydrogen) atoms. The van der Waals surface area contributed by atoms with Gasteiger partial charge in [-0.25, -0.2) is 17.6 Å². The summed E-state index contributed by atoms with van der Waals surface area (Å²) in [6.45, 7) is 3.17. The zero-order valence-electron chi connectivity index (χ0n) is 5.45. The lowest BCUT2D eigenvalue weighted by Crippen LogP contribution is -2.33. The normalized spacial score (nSPS) is 18.1. The second kappa shape index (κ2) is 3.03. The molecule has 0 rings (SSSR count). The molecule has 0 aliphatic carbocycles. The monoisotopic (exact) mass is 156 g/mol. The summed E-state index contributed by atoms with van der Waals surface area (Å²) in [5.41, 5.74) is 0. The maximum absolute atomic E-state index is 12.1. The lowest BCUT2D eigenvalue weighted by molar-refractivity contribution is -0.0754. The Morgan fingerprint density at radius 1 is 1.40 bits per heavy atom. The van der Waals surface area contributed by atoms with Crippen LogP contribution < -0.4 is 0 Å². The summed E-state index contributed by atoms with van der Waals surface area (Å²) in [5, 5.41) is 0. The average Bonchev–Trinajstić information content (AvgIpc) is 1.83. The van der Waals surface area contributed by atoms with E-state index in [-0.39, 0.29) is 0 Å². The molecule has 0 fully saturated rings. The van der Waals surface area contributed by atoms with Crippen molar-refractivity contribution in [1.29, 1.82) is 0 Å². The molecule has 0 heterocycles. The highest BCUT2D eigenvalue weighted by atomic mass is 19.3. The van der Waals surface area contributed by atoms with Gasteiger partial charge in [-0.05, 0) is 0 Å². The van der Waals surface area contributed by atoms with Crippen molar-refractivity contribution in [3.63, 3.8) is 0 Å². The van der Waals surface area contributed by atoms with Crippen molar-refractivity contribution in [3.8, 4) is 0 Å². The van der Waals surface area contributed by atoms with E-state index in [1.807, 2.05) is 0 Å². The minimum absolute atomic E-state index is 0.327. The summed E-state index contributed by atoms with van der Waals surface area (Å²) < 4.78 is 47.9. The van der Waals surface area contributed by atoms with E-state index in [0.717, 1.165) is 0 Å². The van der Waals surface area contributed by atoms with Crippen LogP contribution in [-0.4, -0.2) is 18.3 Å². The Hall–Kier alpha value is -0.540. The van der Waals surface area contributed by atoms with Gasteiger partial charge in [0.05, 0.1) is 0 Å². The van der Waals surface area contributed by atoms with Gasteiger partial charge in [-0.2, -0.15) is 0 Å². The smallest absolute Gasteiger partial charge is 0.239 e. The fraction of sp³-hybridized carbons (Fsp3) is 0.667. The van der Waals surface area contributed by atoms with E-state index in [1.54, 1.807) is 0 Å². The Kier molecular flexibility index (Phi) is 2.87. The van der Waals surface area contributed by atoms with Crippen molar-refractivity contribution < 1.29 is 17.6 Å². The van der Waals surface area contributed by atoms with Crippen molar-refractivity contribution in [2.45, 2.75) is 25.2 Å². The Morgan fingerprint density at radius 3 is 1.90 bits per heavy atom. The van der Waals surface area contributed by atoms with E-state index in [1.165, 1.54) is 0 Å². The van der Waals surface area contributed by atoms with E-state index in [4.69, 9.17) is 0 Å². The summed E-state index contributed by atoms with van der Waals surface area (Å²) in [5.74, 6) is -3.63. The first-order valence-corrected chi connectivity index (χ1v) is 2.68. The van der Waals surface area contributed by atoms with Crippen LogP contribution in [0.15, 0.2) is 12.7 Å². The standard InChI is InChI=1S/C6H8F4/c1-3-4(7)5(8)6(2,9)10/h3-5H,1H2,2H3. The Morgan fingerprint density at radius 2 is 1.80 bits per heavy atom. The number of rotatable bonds is 3. The molecule has 0 aliphatic heterocycles. The van der Waals surface area contributed by atoms with Crippen LogP contribution in [0.5, 0.6) is 0 Å². The molecular formula is C6H8F4. The van der Waals surface area contributed by atoms with Crippen molar-refractivity contribution >= 4 is 0 Å². The highest BCUT2D eigenvalue weighted by Gasteiger charge is 2.39. The van der Waals surface area contributed by atoms with Gasteiger partial charge in [-0.3, -0.25) is 0 Å². The van der Waals surface area contributed by atoms with Crippen LogP contribution in [0.4, 0.5) is 17.6 Å². The molecule has 0 aromatic heterocycles. The first-order chi connectivity index (χ1) is 4.39. The van der Waals surface area contributed by atoms with Gasteiger partial charge in [-0.15, -0.1) is 6.58 Å².